The molecular weight excluding hydrogens is 390 g/mol. The maximum Gasteiger partial charge on any atom is 0.183 e. The lowest BCUT2D eigenvalue weighted by Gasteiger charge is -2.11. The topological polar surface area (TPSA) is 85.8 Å². The maximum absolute atomic E-state index is 6.03. The zero-order valence-corrected chi connectivity index (χ0v) is 16.6. The predicted molar refractivity (Wildman–Crippen MR) is 116 cm³/mol. The zero-order valence-electron chi connectivity index (χ0n) is 16.6. The van der Waals surface area contributed by atoms with Crippen LogP contribution in [0, 0.1) is 0 Å². The first-order valence-electron chi connectivity index (χ1n) is 9.87. The van der Waals surface area contributed by atoms with Gasteiger partial charge in [0.2, 0.25) is 0 Å². The first kappa shape index (κ1) is 18.7. The van der Waals surface area contributed by atoms with Gasteiger partial charge in [0.25, 0.3) is 0 Å². The molecule has 31 heavy (non-hydrogen) atoms. The van der Waals surface area contributed by atoms with Gasteiger partial charge in [-0.3, -0.25) is 0 Å². The molecule has 0 atom stereocenters. The molecule has 5 rings (SSSR count). The maximum atomic E-state index is 6.03. The molecule has 2 aromatic heterocycles. The Balaban J connectivity index is 1.25. The largest absolute Gasteiger partial charge is 0.488 e. The number of ether oxygens (including phenoxy) is 2. The van der Waals surface area contributed by atoms with Gasteiger partial charge in [0.05, 0.1) is 16.8 Å². The molecule has 2 heterocycles. The fourth-order valence-corrected chi connectivity index (χ4v) is 3.29. The number of hydrogen-bond acceptors (Lipinski definition) is 6. The minimum atomic E-state index is 0.393. The van der Waals surface area contributed by atoms with Gasteiger partial charge in [0.1, 0.15) is 24.7 Å². The Morgan fingerprint density at radius 1 is 0.774 bits per heavy atom. The standard InChI is InChI=1S/C24H19N5O2/c1-3-10-22-18(7-1)12-13-19(25-22)16-30-20-8-5-6-17(14-20)15-31-23-11-4-2-9-21(23)24-26-28-29-27-24/h1-14H,15-16H2,(H,26,27,28,29). The normalized spacial score (nSPS) is 10.8. The number of para-hydroxylation sites is 2. The Morgan fingerprint density at radius 3 is 2.61 bits per heavy atom. The lowest BCUT2D eigenvalue weighted by atomic mass is 10.2. The average Bonchev–Trinajstić information content (AvgIpc) is 3.37. The summed E-state index contributed by atoms with van der Waals surface area (Å²) in [5.41, 5.74) is 3.65. The van der Waals surface area contributed by atoms with Crippen molar-refractivity contribution in [3.63, 3.8) is 0 Å². The number of pyridine rings is 1. The van der Waals surface area contributed by atoms with E-state index in [2.05, 4.69) is 31.7 Å². The summed E-state index contributed by atoms with van der Waals surface area (Å²) in [5.74, 6) is 2.03. The number of aromatic nitrogens is 5. The lowest BCUT2D eigenvalue weighted by molar-refractivity contribution is 0.294. The molecule has 0 saturated heterocycles. The van der Waals surface area contributed by atoms with E-state index in [-0.39, 0.29) is 0 Å². The van der Waals surface area contributed by atoms with Gasteiger partial charge >= 0.3 is 0 Å². The second-order valence-corrected chi connectivity index (χ2v) is 6.97. The third-order valence-corrected chi connectivity index (χ3v) is 4.82. The molecular formula is C24H19N5O2. The molecule has 0 radical (unpaired) electrons. The molecule has 0 aliphatic rings. The van der Waals surface area contributed by atoms with Crippen LogP contribution in [0.3, 0.4) is 0 Å². The number of H-pyrrole nitrogens is 1. The Bertz CT molecular complexity index is 1300. The van der Waals surface area contributed by atoms with Crippen molar-refractivity contribution >= 4 is 10.9 Å². The van der Waals surface area contributed by atoms with E-state index in [0.717, 1.165) is 33.5 Å². The van der Waals surface area contributed by atoms with Gasteiger partial charge in [-0.15, -0.1) is 5.10 Å². The first-order chi connectivity index (χ1) is 15.3. The van der Waals surface area contributed by atoms with Crippen molar-refractivity contribution in [3.05, 3.63) is 96.2 Å². The van der Waals surface area contributed by atoms with E-state index in [9.17, 15) is 0 Å². The van der Waals surface area contributed by atoms with E-state index in [0.29, 0.717) is 24.8 Å². The summed E-state index contributed by atoms with van der Waals surface area (Å²) in [5, 5.41) is 15.1. The van der Waals surface area contributed by atoms with Crippen LogP contribution in [0.1, 0.15) is 11.3 Å². The van der Waals surface area contributed by atoms with Gasteiger partial charge in [-0.05, 0) is 52.4 Å². The van der Waals surface area contributed by atoms with Crippen LogP contribution in [-0.4, -0.2) is 25.6 Å². The summed E-state index contributed by atoms with van der Waals surface area (Å²) in [6.45, 7) is 0.792. The number of tetrazole rings is 1. The van der Waals surface area contributed by atoms with E-state index >= 15 is 0 Å². The van der Waals surface area contributed by atoms with E-state index in [1.807, 2.05) is 78.9 Å². The Labute approximate surface area is 178 Å². The molecule has 0 aliphatic heterocycles. The number of fused-ring (bicyclic) bond motifs is 1. The molecule has 0 saturated carbocycles. The molecule has 0 amide bonds. The highest BCUT2D eigenvalue weighted by atomic mass is 16.5. The fourth-order valence-electron chi connectivity index (χ4n) is 3.29. The molecule has 0 bridgehead atoms. The molecule has 7 heteroatoms. The van der Waals surface area contributed by atoms with Crippen molar-refractivity contribution in [2.24, 2.45) is 0 Å². The summed E-state index contributed by atoms with van der Waals surface area (Å²) in [7, 11) is 0. The van der Waals surface area contributed by atoms with Crippen molar-refractivity contribution < 1.29 is 9.47 Å². The number of aromatic amines is 1. The van der Waals surface area contributed by atoms with Crippen LogP contribution in [0.25, 0.3) is 22.3 Å². The number of rotatable bonds is 7. The third kappa shape index (κ3) is 4.35. The first-order valence-corrected chi connectivity index (χ1v) is 9.87. The van der Waals surface area contributed by atoms with Crippen molar-refractivity contribution in [1.29, 1.82) is 0 Å². The molecule has 0 unspecified atom stereocenters. The van der Waals surface area contributed by atoms with Gasteiger partial charge in [-0.1, -0.05) is 48.5 Å². The molecule has 1 N–H and O–H groups in total. The summed E-state index contributed by atoms with van der Waals surface area (Å²) in [4.78, 5) is 4.65. The molecule has 0 fully saturated rings. The van der Waals surface area contributed by atoms with Crippen LogP contribution in [0.4, 0.5) is 0 Å². The summed E-state index contributed by atoms with van der Waals surface area (Å²) < 4.78 is 12.0. The average molecular weight is 409 g/mol. The highest BCUT2D eigenvalue weighted by Crippen LogP contribution is 2.27. The van der Waals surface area contributed by atoms with Crippen LogP contribution < -0.4 is 9.47 Å². The summed E-state index contributed by atoms with van der Waals surface area (Å²) >= 11 is 0. The van der Waals surface area contributed by atoms with E-state index < -0.39 is 0 Å². The van der Waals surface area contributed by atoms with Crippen molar-refractivity contribution in [2.45, 2.75) is 13.2 Å². The van der Waals surface area contributed by atoms with Crippen molar-refractivity contribution in [3.8, 4) is 22.9 Å². The number of benzene rings is 3. The van der Waals surface area contributed by atoms with Gasteiger partial charge in [-0.2, -0.15) is 0 Å². The predicted octanol–water partition coefficient (Wildman–Crippen LogP) is 4.57. The number of nitrogens with zero attached hydrogens (tertiary/aromatic N) is 4. The van der Waals surface area contributed by atoms with Gasteiger partial charge in [0.15, 0.2) is 5.82 Å². The minimum absolute atomic E-state index is 0.393. The van der Waals surface area contributed by atoms with Crippen molar-refractivity contribution in [1.82, 2.24) is 25.6 Å². The highest BCUT2D eigenvalue weighted by molar-refractivity contribution is 5.78. The molecule has 5 aromatic rings. The quantitative estimate of drug-likeness (QED) is 0.424. The monoisotopic (exact) mass is 409 g/mol. The van der Waals surface area contributed by atoms with Gasteiger partial charge < -0.3 is 9.47 Å². The van der Waals surface area contributed by atoms with E-state index in [4.69, 9.17) is 9.47 Å². The Kier molecular flexibility index (Phi) is 5.22. The van der Waals surface area contributed by atoms with E-state index in [1.54, 1.807) is 0 Å². The molecule has 0 aliphatic carbocycles. The number of hydrogen-bond donors (Lipinski definition) is 1. The summed E-state index contributed by atoms with van der Waals surface area (Å²) in [6, 6.07) is 27.6. The number of nitrogens with one attached hydrogen (secondary N) is 1. The Morgan fingerprint density at radius 2 is 1.68 bits per heavy atom. The van der Waals surface area contributed by atoms with Crippen molar-refractivity contribution in [2.75, 3.05) is 0 Å². The fraction of sp³-hybridized carbons (Fsp3) is 0.0833. The second kappa shape index (κ2) is 8.62. The molecule has 152 valence electrons. The SMILES string of the molecule is c1cc(COc2ccccc2-c2nnn[nH]2)cc(OCc2ccc3ccccc3n2)c1. The zero-order chi connectivity index (χ0) is 20.9. The smallest absolute Gasteiger partial charge is 0.183 e. The minimum Gasteiger partial charge on any atom is -0.488 e. The van der Waals surface area contributed by atoms with Crippen LogP contribution in [0.2, 0.25) is 0 Å². The van der Waals surface area contributed by atoms with Crippen LogP contribution in [0.5, 0.6) is 11.5 Å². The Hall–Kier alpha value is -4.26. The van der Waals surface area contributed by atoms with E-state index in [1.165, 1.54) is 0 Å². The van der Waals surface area contributed by atoms with Crippen LogP contribution >= 0.6 is 0 Å². The molecule has 3 aromatic carbocycles. The van der Waals surface area contributed by atoms with Gasteiger partial charge in [0, 0.05) is 5.39 Å². The third-order valence-electron chi connectivity index (χ3n) is 4.82. The second-order valence-electron chi connectivity index (χ2n) is 6.97. The summed E-state index contributed by atoms with van der Waals surface area (Å²) in [6.07, 6.45) is 0. The van der Waals surface area contributed by atoms with Crippen LogP contribution in [0.15, 0.2) is 84.9 Å². The molecule has 7 nitrogen and oxygen atoms in total. The highest BCUT2D eigenvalue weighted by Gasteiger charge is 2.09. The molecule has 0 spiro atoms. The van der Waals surface area contributed by atoms with Gasteiger partial charge in [-0.25, -0.2) is 10.1 Å². The van der Waals surface area contributed by atoms with Crippen LogP contribution in [-0.2, 0) is 13.2 Å². The lowest BCUT2D eigenvalue weighted by Crippen LogP contribution is -2.00.